The molecule has 0 fully saturated rings. The van der Waals surface area contributed by atoms with E-state index in [0.717, 1.165) is 37.3 Å². The van der Waals surface area contributed by atoms with Crippen molar-refractivity contribution in [1.29, 1.82) is 0 Å². The highest BCUT2D eigenvalue weighted by molar-refractivity contribution is 6.03. The van der Waals surface area contributed by atoms with Gasteiger partial charge in [0.25, 0.3) is 0 Å². The zero-order valence-electron chi connectivity index (χ0n) is 13.2. The van der Waals surface area contributed by atoms with Gasteiger partial charge in [-0.15, -0.1) is 0 Å². The summed E-state index contributed by atoms with van der Waals surface area (Å²) in [5.74, 6) is 0. The normalized spacial score (nSPS) is 16.0. The summed E-state index contributed by atoms with van der Waals surface area (Å²) in [6.07, 6.45) is 6.53. The van der Waals surface area contributed by atoms with E-state index in [1.54, 1.807) is 12.4 Å². The third-order valence-corrected chi connectivity index (χ3v) is 4.68. The second kappa shape index (κ2) is 5.57. The fourth-order valence-corrected chi connectivity index (χ4v) is 3.49. The number of carbonyl (C=O) groups excluding carboxylic acids is 1. The summed E-state index contributed by atoms with van der Waals surface area (Å²) in [7, 11) is 2.15. The number of hydrogen-bond acceptors (Lipinski definition) is 3. The molecule has 0 spiro atoms. The Morgan fingerprint density at radius 1 is 1.17 bits per heavy atom. The molecule has 0 aliphatic carbocycles. The molecule has 1 aromatic carbocycles. The Bertz CT molecular complexity index is 744. The SMILES string of the molecule is CN1CCCc2cc3c(cc21)CCN3C(=O)Nc1cccnc1. The van der Waals surface area contributed by atoms with Gasteiger partial charge < -0.3 is 10.2 Å². The molecule has 118 valence electrons. The standard InChI is InChI=1S/C18H20N4O/c1-21-8-3-4-13-11-17-14(10-16(13)21)6-9-22(17)18(23)20-15-5-2-7-19-12-15/h2,5,7,10-12H,3-4,6,8-9H2,1H3,(H,20,23). The number of hydrogen-bond donors (Lipinski definition) is 1. The van der Waals surface area contributed by atoms with Crippen molar-refractivity contribution in [3.05, 3.63) is 47.8 Å². The molecule has 0 saturated carbocycles. The van der Waals surface area contributed by atoms with Gasteiger partial charge in [0.2, 0.25) is 0 Å². The van der Waals surface area contributed by atoms with E-state index in [4.69, 9.17) is 0 Å². The minimum absolute atomic E-state index is 0.0825. The van der Waals surface area contributed by atoms with E-state index in [1.165, 1.54) is 23.2 Å². The first kappa shape index (κ1) is 14.1. The van der Waals surface area contributed by atoms with Crippen LogP contribution in [0.1, 0.15) is 17.5 Å². The van der Waals surface area contributed by atoms with Gasteiger partial charge in [-0.25, -0.2) is 4.79 Å². The average molecular weight is 308 g/mol. The zero-order chi connectivity index (χ0) is 15.8. The van der Waals surface area contributed by atoms with Crippen LogP contribution in [-0.2, 0) is 12.8 Å². The Morgan fingerprint density at radius 2 is 2.00 bits per heavy atom. The van der Waals surface area contributed by atoms with Crippen molar-refractivity contribution in [3.8, 4) is 0 Å². The Balaban J connectivity index is 1.61. The molecule has 2 amide bonds. The van der Waals surface area contributed by atoms with Gasteiger partial charge in [-0.2, -0.15) is 0 Å². The minimum atomic E-state index is -0.0825. The Morgan fingerprint density at radius 3 is 2.83 bits per heavy atom. The summed E-state index contributed by atoms with van der Waals surface area (Å²) in [4.78, 5) is 20.8. The number of aromatic nitrogens is 1. The third kappa shape index (κ3) is 2.52. The quantitative estimate of drug-likeness (QED) is 0.881. The maximum Gasteiger partial charge on any atom is 0.326 e. The molecule has 4 rings (SSSR count). The molecule has 1 N–H and O–H groups in total. The van der Waals surface area contributed by atoms with Crippen molar-refractivity contribution in [3.63, 3.8) is 0 Å². The van der Waals surface area contributed by atoms with E-state index in [-0.39, 0.29) is 6.03 Å². The minimum Gasteiger partial charge on any atom is -0.374 e. The Labute approximate surface area is 135 Å². The number of benzene rings is 1. The van der Waals surface area contributed by atoms with E-state index in [9.17, 15) is 4.79 Å². The molecular formula is C18H20N4O. The molecule has 0 atom stereocenters. The predicted octanol–water partition coefficient (Wildman–Crippen LogP) is 3.06. The topological polar surface area (TPSA) is 48.5 Å². The summed E-state index contributed by atoms with van der Waals surface area (Å²) in [6, 6.07) is 8.06. The number of nitrogens with one attached hydrogen (secondary N) is 1. The zero-order valence-corrected chi connectivity index (χ0v) is 13.2. The third-order valence-electron chi connectivity index (χ3n) is 4.68. The first-order chi connectivity index (χ1) is 11.2. The molecule has 2 aliphatic heterocycles. The number of carbonyl (C=O) groups is 1. The lowest BCUT2D eigenvalue weighted by atomic mass is 9.98. The van der Waals surface area contributed by atoms with Crippen LogP contribution in [0.2, 0.25) is 0 Å². The van der Waals surface area contributed by atoms with Gasteiger partial charge in [0.1, 0.15) is 0 Å². The lowest BCUT2D eigenvalue weighted by molar-refractivity contribution is 0.257. The van der Waals surface area contributed by atoms with Crippen molar-refractivity contribution in [2.45, 2.75) is 19.3 Å². The van der Waals surface area contributed by atoms with Crippen LogP contribution in [0.4, 0.5) is 21.9 Å². The van der Waals surface area contributed by atoms with Crippen molar-refractivity contribution in [2.24, 2.45) is 0 Å². The maximum atomic E-state index is 12.6. The number of pyridine rings is 1. The van der Waals surface area contributed by atoms with Gasteiger partial charge >= 0.3 is 6.03 Å². The van der Waals surface area contributed by atoms with Gasteiger partial charge in [0, 0.05) is 37.7 Å². The molecule has 0 bridgehead atoms. The number of amides is 2. The van der Waals surface area contributed by atoms with Crippen LogP contribution in [0, 0.1) is 0 Å². The molecule has 0 radical (unpaired) electrons. The molecular weight excluding hydrogens is 288 g/mol. The Kier molecular flexibility index (Phi) is 3.41. The summed E-state index contributed by atoms with van der Waals surface area (Å²) >= 11 is 0. The lowest BCUT2D eigenvalue weighted by Crippen LogP contribution is -2.33. The first-order valence-corrected chi connectivity index (χ1v) is 8.08. The summed E-state index contributed by atoms with van der Waals surface area (Å²) in [6.45, 7) is 1.84. The highest BCUT2D eigenvalue weighted by atomic mass is 16.2. The largest absolute Gasteiger partial charge is 0.374 e. The van der Waals surface area contributed by atoms with Gasteiger partial charge in [-0.1, -0.05) is 0 Å². The van der Waals surface area contributed by atoms with E-state index in [1.807, 2.05) is 17.0 Å². The highest BCUT2D eigenvalue weighted by Crippen LogP contribution is 2.37. The van der Waals surface area contributed by atoms with Crippen LogP contribution in [0.25, 0.3) is 0 Å². The maximum absolute atomic E-state index is 12.6. The first-order valence-electron chi connectivity index (χ1n) is 8.08. The molecule has 3 heterocycles. The number of fused-ring (bicyclic) bond motifs is 2. The van der Waals surface area contributed by atoms with E-state index >= 15 is 0 Å². The van der Waals surface area contributed by atoms with E-state index in [0.29, 0.717) is 0 Å². The Hall–Kier alpha value is -2.56. The molecule has 5 heteroatoms. The van der Waals surface area contributed by atoms with Crippen molar-refractivity contribution in [2.75, 3.05) is 35.3 Å². The average Bonchev–Trinajstić information content (AvgIpc) is 2.97. The monoisotopic (exact) mass is 308 g/mol. The van der Waals surface area contributed by atoms with Crippen LogP contribution in [0.5, 0.6) is 0 Å². The predicted molar refractivity (Wildman–Crippen MR) is 92.3 cm³/mol. The fraction of sp³-hybridized carbons (Fsp3) is 0.333. The number of rotatable bonds is 1. The molecule has 0 unspecified atom stereocenters. The van der Waals surface area contributed by atoms with E-state index < -0.39 is 0 Å². The van der Waals surface area contributed by atoms with Crippen LogP contribution in [-0.4, -0.2) is 31.2 Å². The number of nitrogens with zero attached hydrogens (tertiary/aromatic N) is 3. The van der Waals surface area contributed by atoms with Gasteiger partial charge in [-0.05, 0) is 54.7 Å². The summed E-state index contributed by atoms with van der Waals surface area (Å²) < 4.78 is 0. The van der Waals surface area contributed by atoms with Crippen LogP contribution >= 0.6 is 0 Å². The van der Waals surface area contributed by atoms with Crippen LogP contribution in [0.15, 0.2) is 36.7 Å². The molecule has 23 heavy (non-hydrogen) atoms. The van der Waals surface area contributed by atoms with Crippen molar-refractivity contribution in [1.82, 2.24) is 4.98 Å². The molecule has 2 aromatic rings. The number of aryl methyl sites for hydroxylation is 1. The fourth-order valence-electron chi connectivity index (χ4n) is 3.49. The molecule has 2 aliphatic rings. The van der Waals surface area contributed by atoms with Gasteiger partial charge in [-0.3, -0.25) is 9.88 Å². The highest BCUT2D eigenvalue weighted by Gasteiger charge is 2.27. The van der Waals surface area contributed by atoms with Crippen LogP contribution in [0.3, 0.4) is 0 Å². The molecule has 1 aromatic heterocycles. The second-order valence-electron chi connectivity index (χ2n) is 6.21. The molecule has 5 nitrogen and oxygen atoms in total. The summed E-state index contributed by atoms with van der Waals surface area (Å²) in [5, 5.41) is 2.93. The second-order valence-corrected chi connectivity index (χ2v) is 6.21. The lowest BCUT2D eigenvalue weighted by Gasteiger charge is -2.29. The smallest absolute Gasteiger partial charge is 0.326 e. The number of anilines is 3. The number of urea groups is 1. The van der Waals surface area contributed by atoms with E-state index in [2.05, 4.69) is 34.4 Å². The van der Waals surface area contributed by atoms with Crippen molar-refractivity contribution >= 4 is 23.1 Å². The van der Waals surface area contributed by atoms with Gasteiger partial charge in [0.05, 0.1) is 11.9 Å². The van der Waals surface area contributed by atoms with Crippen LogP contribution < -0.4 is 15.1 Å². The molecule has 0 saturated heterocycles. The van der Waals surface area contributed by atoms with Gasteiger partial charge in [0.15, 0.2) is 0 Å². The van der Waals surface area contributed by atoms with Crippen molar-refractivity contribution < 1.29 is 4.79 Å². The summed E-state index contributed by atoms with van der Waals surface area (Å²) in [5.41, 5.74) is 5.71.